The maximum atomic E-state index is 13.6. The zero-order valence-corrected chi connectivity index (χ0v) is 14.6. The minimum atomic E-state index is -2.90. The van der Waals surface area contributed by atoms with Gasteiger partial charge in [-0.1, -0.05) is 0 Å². The molecular formula is C18H18F2N4O3. The molecule has 0 atom stereocenters. The van der Waals surface area contributed by atoms with E-state index in [1.54, 1.807) is 12.1 Å². The summed E-state index contributed by atoms with van der Waals surface area (Å²) in [5.74, 6) is -0.373. The fourth-order valence-electron chi connectivity index (χ4n) is 3.01. The third-order valence-electron chi connectivity index (χ3n) is 4.49. The predicted octanol–water partition coefficient (Wildman–Crippen LogP) is 3.48. The predicted molar refractivity (Wildman–Crippen MR) is 93.9 cm³/mol. The van der Waals surface area contributed by atoms with Crippen LogP contribution in [0.5, 0.6) is 0 Å². The van der Waals surface area contributed by atoms with Crippen molar-refractivity contribution in [2.75, 3.05) is 12.4 Å². The monoisotopic (exact) mass is 376 g/mol. The minimum absolute atomic E-state index is 0.104. The highest BCUT2D eigenvalue weighted by Crippen LogP contribution is 2.36. The Morgan fingerprint density at radius 3 is 2.74 bits per heavy atom. The van der Waals surface area contributed by atoms with Gasteiger partial charge in [0.15, 0.2) is 0 Å². The van der Waals surface area contributed by atoms with Crippen LogP contribution in [0.1, 0.15) is 41.7 Å². The van der Waals surface area contributed by atoms with E-state index in [1.165, 1.54) is 13.2 Å². The Morgan fingerprint density at radius 2 is 2.15 bits per heavy atom. The van der Waals surface area contributed by atoms with Crippen LogP contribution in [0.15, 0.2) is 24.5 Å². The molecule has 0 aliphatic heterocycles. The Hall–Kier alpha value is -2.97. The molecule has 3 rings (SSSR count). The number of alkyl halides is 2. The van der Waals surface area contributed by atoms with Gasteiger partial charge in [0.25, 0.3) is 6.43 Å². The number of nitro groups is 1. The van der Waals surface area contributed by atoms with Crippen molar-refractivity contribution in [2.45, 2.75) is 32.1 Å². The quantitative estimate of drug-likeness (QED) is 0.559. The van der Waals surface area contributed by atoms with Crippen molar-refractivity contribution in [3.63, 3.8) is 0 Å². The molecule has 27 heavy (non-hydrogen) atoms. The lowest BCUT2D eigenvalue weighted by Gasteiger charge is -2.13. The largest absolute Gasteiger partial charge is 0.387 e. The first-order valence-electron chi connectivity index (χ1n) is 8.49. The zero-order valence-electron chi connectivity index (χ0n) is 14.6. The molecule has 7 nitrogen and oxygen atoms in total. The normalized spacial score (nSPS) is 13.6. The molecule has 1 saturated carbocycles. The minimum Gasteiger partial charge on any atom is -0.381 e. The molecule has 1 aliphatic carbocycles. The van der Waals surface area contributed by atoms with Crippen LogP contribution >= 0.6 is 0 Å². The molecule has 2 aromatic rings. The van der Waals surface area contributed by atoms with E-state index in [0.717, 1.165) is 19.0 Å². The highest BCUT2D eigenvalue weighted by Gasteiger charge is 2.30. The summed E-state index contributed by atoms with van der Waals surface area (Å²) in [6.07, 6.45) is 1.89. The molecule has 0 spiro atoms. The number of nitrogens with zero attached hydrogens (tertiary/aromatic N) is 3. The van der Waals surface area contributed by atoms with Crippen molar-refractivity contribution in [3.8, 4) is 0 Å². The van der Waals surface area contributed by atoms with E-state index in [9.17, 15) is 23.7 Å². The SMILES string of the molecule is CNc1c([N+](=O)[O-])ncc(Cc2ccnc(CC(=O)C3CC3)c2)c1C(F)F. The van der Waals surface area contributed by atoms with Crippen molar-refractivity contribution in [3.05, 3.63) is 57.0 Å². The Kier molecular flexibility index (Phi) is 5.38. The first-order chi connectivity index (χ1) is 12.9. The van der Waals surface area contributed by atoms with Gasteiger partial charge in [0.2, 0.25) is 0 Å². The van der Waals surface area contributed by atoms with E-state index in [0.29, 0.717) is 11.3 Å². The number of hydrogen-bond acceptors (Lipinski definition) is 6. The van der Waals surface area contributed by atoms with E-state index >= 15 is 0 Å². The lowest BCUT2D eigenvalue weighted by molar-refractivity contribution is -0.388. The molecule has 2 aromatic heterocycles. The first kappa shape index (κ1) is 18.8. The first-order valence-corrected chi connectivity index (χ1v) is 8.49. The number of ketones is 1. The van der Waals surface area contributed by atoms with Crippen LogP contribution in [0.4, 0.5) is 20.3 Å². The van der Waals surface area contributed by atoms with Gasteiger partial charge in [-0.15, -0.1) is 0 Å². The Bertz CT molecular complexity index is 885. The number of Topliss-reactive ketones (excluding diaryl/α,β-unsaturated/α-hetero) is 1. The molecule has 2 heterocycles. The number of halogens is 2. The molecular weight excluding hydrogens is 358 g/mol. The van der Waals surface area contributed by atoms with E-state index in [-0.39, 0.29) is 35.8 Å². The van der Waals surface area contributed by atoms with Crippen LogP contribution in [-0.4, -0.2) is 27.7 Å². The Morgan fingerprint density at radius 1 is 1.41 bits per heavy atom. The standard InChI is InChI=1S/C18H18F2N4O3/c1-21-16-15(17(19)20)12(9-23-18(16)24(26)27)6-10-4-5-22-13(7-10)8-14(25)11-2-3-11/h4-5,7,9,11,17,21H,2-3,6,8H2,1H3. The van der Waals surface area contributed by atoms with Crippen LogP contribution in [-0.2, 0) is 17.6 Å². The van der Waals surface area contributed by atoms with Gasteiger partial charge >= 0.3 is 5.82 Å². The molecule has 0 amide bonds. The van der Waals surface area contributed by atoms with Crippen LogP contribution in [0.2, 0.25) is 0 Å². The lowest BCUT2D eigenvalue weighted by atomic mass is 9.99. The second kappa shape index (κ2) is 7.73. The molecule has 1 aliphatic rings. The van der Waals surface area contributed by atoms with Crippen LogP contribution < -0.4 is 5.32 Å². The average Bonchev–Trinajstić information content (AvgIpc) is 3.46. The summed E-state index contributed by atoms with van der Waals surface area (Å²) in [4.78, 5) is 30.1. The number of aromatic nitrogens is 2. The van der Waals surface area contributed by atoms with Gasteiger partial charge in [-0.2, -0.15) is 0 Å². The molecule has 1 fully saturated rings. The van der Waals surface area contributed by atoms with E-state index in [4.69, 9.17) is 0 Å². The van der Waals surface area contributed by atoms with E-state index < -0.39 is 22.7 Å². The maximum absolute atomic E-state index is 13.6. The van der Waals surface area contributed by atoms with E-state index in [1.807, 2.05) is 0 Å². The summed E-state index contributed by atoms with van der Waals surface area (Å²) in [6.45, 7) is 0. The van der Waals surface area contributed by atoms with Gasteiger partial charge in [0.05, 0.1) is 5.56 Å². The van der Waals surface area contributed by atoms with Crippen molar-refractivity contribution in [2.24, 2.45) is 5.92 Å². The van der Waals surface area contributed by atoms with Gasteiger partial charge in [-0.25, -0.2) is 8.78 Å². The summed E-state index contributed by atoms with van der Waals surface area (Å²) < 4.78 is 27.2. The number of pyridine rings is 2. The van der Waals surface area contributed by atoms with Crippen molar-refractivity contribution in [1.82, 2.24) is 9.97 Å². The van der Waals surface area contributed by atoms with Crippen molar-refractivity contribution < 1.29 is 18.5 Å². The molecule has 0 radical (unpaired) electrons. The van der Waals surface area contributed by atoms with E-state index in [2.05, 4.69) is 15.3 Å². The highest BCUT2D eigenvalue weighted by atomic mass is 19.3. The molecule has 1 N–H and O–H groups in total. The fourth-order valence-corrected chi connectivity index (χ4v) is 3.01. The summed E-state index contributed by atoms with van der Waals surface area (Å²) in [6, 6.07) is 3.37. The van der Waals surface area contributed by atoms with Crippen LogP contribution in [0, 0.1) is 16.0 Å². The van der Waals surface area contributed by atoms with Gasteiger partial charge in [0, 0.05) is 43.3 Å². The van der Waals surface area contributed by atoms with Gasteiger partial charge < -0.3 is 15.4 Å². The smallest absolute Gasteiger partial charge is 0.381 e. The highest BCUT2D eigenvalue weighted by molar-refractivity contribution is 5.84. The fraction of sp³-hybridized carbons (Fsp3) is 0.389. The third kappa shape index (κ3) is 4.24. The summed E-state index contributed by atoms with van der Waals surface area (Å²) >= 11 is 0. The van der Waals surface area contributed by atoms with Gasteiger partial charge in [0.1, 0.15) is 17.7 Å². The third-order valence-corrected chi connectivity index (χ3v) is 4.49. The Balaban J connectivity index is 1.90. The number of carbonyl (C=O) groups excluding carboxylic acids is 1. The maximum Gasteiger partial charge on any atom is 0.387 e. The van der Waals surface area contributed by atoms with Gasteiger partial charge in [-0.05, 0) is 40.4 Å². The molecule has 142 valence electrons. The second-order valence-corrected chi connectivity index (χ2v) is 6.45. The van der Waals surface area contributed by atoms with Crippen LogP contribution in [0.3, 0.4) is 0 Å². The molecule has 0 aromatic carbocycles. The van der Waals surface area contributed by atoms with Gasteiger partial charge in [-0.3, -0.25) is 9.78 Å². The number of carbonyl (C=O) groups is 1. The molecule has 0 unspecified atom stereocenters. The summed E-state index contributed by atoms with van der Waals surface area (Å²) in [7, 11) is 1.34. The number of rotatable bonds is 8. The van der Waals surface area contributed by atoms with Crippen molar-refractivity contribution in [1.29, 1.82) is 0 Å². The molecule has 0 bridgehead atoms. The van der Waals surface area contributed by atoms with Crippen LogP contribution in [0.25, 0.3) is 0 Å². The number of anilines is 1. The second-order valence-electron chi connectivity index (χ2n) is 6.45. The molecule has 0 saturated heterocycles. The van der Waals surface area contributed by atoms with Crippen molar-refractivity contribution >= 4 is 17.3 Å². The summed E-state index contributed by atoms with van der Waals surface area (Å²) in [5.41, 5.74) is 0.734. The summed E-state index contributed by atoms with van der Waals surface area (Å²) in [5, 5.41) is 13.5. The topological polar surface area (TPSA) is 98.0 Å². The average molecular weight is 376 g/mol. The Labute approximate surface area is 154 Å². The zero-order chi connectivity index (χ0) is 19.6. The number of nitrogens with one attached hydrogen (secondary N) is 1. The molecule has 9 heteroatoms. The number of hydrogen-bond donors (Lipinski definition) is 1. The lowest BCUT2D eigenvalue weighted by Crippen LogP contribution is -2.09.